The van der Waals surface area contributed by atoms with Crippen LogP contribution in [0.2, 0.25) is 0 Å². The van der Waals surface area contributed by atoms with E-state index in [9.17, 15) is 0 Å². The summed E-state index contributed by atoms with van der Waals surface area (Å²) >= 11 is 0. The summed E-state index contributed by atoms with van der Waals surface area (Å²) in [5, 5.41) is 3.40. The van der Waals surface area contributed by atoms with Gasteiger partial charge in [-0.05, 0) is 33.3 Å². The van der Waals surface area contributed by atoms with E-state index in [1.165, 1.54) is 11.1 Å². The van der Waals surface area contributed by atoms with Gasteiger partial charge >= 0.3 is 0 Å². The highest BCUT2D eigenvalue weighted by Gasteiger charge is 2.13. The number of aromatic nitrogens is 4. The molecule has 0 bridgehead atoms. The van der Waals surface area contributed by atoms with Crippen LogP contribution in [0.4, 0.5) is 5.82 Å². The molecular formula is C17H21N5. The van der Waals surface area contributed by atoms with Gasteiger partial charge in [-0.15, -0.1) is 0 Å². The zero-order valence-electron chi connectivity index (χ0n) is 13.5. The van der Waals surface area contributed by atoms with Crippen molar-refractivity contribution in [1.82, 2.24) is 19.5 Å². The highest BCUT2D eigenvalue weighted by molar-refractivity contribution is 5.83. The van der Waals surface area contributed by atoms with E-state index in [0.717, 1.165) is 29.4 Å². The summed E-state index contributed by atoms with van der Waals surface area (Å²) in [6.07, 6.45) is 1.83. The van der Waals surface area contributed by atoms with Gasteiger partial charge in [0.05, 0.1) is 6.33 Å². The fourth-order valence-corrected chi connectivity index (χ4v) is 2.53. The van der Waals surface area contributed by atoms with Gasteiger partial charge in [0.25, 0.3) is 0 Å². The first-order valence-electron chi connectivity index (χ1n) is 7.55. The van der Waals surface area contributed by atoms with E-state index >= 15 is 0 Å². The van der Waals surface area contributed by atoms with E-state index in [1.54, 1.807) is 0 Å². The summed E-state index contributed by atoms with van der Waals surface area (Å²) in [4.78, 5) is 13.5. The van der Waals surface area contributed by atoms with Gasteiger partial charge in [0, 0.05) is 12.6 Å². The van der Waals surface area contributed by atoms with Crippen molar-refractivity contribution in [3.8, 4) is 0 Å². The number of hydrogen-bond acceptors (Lipinski definition) is 4. The van der Waals surface area contributed by atoms with Gasteiger partial charge in [0.15, 0.2) is 11.5 Å². The van der Waals surface area contributed by atoms with E-state index in [1.807, 2.05) is 13.3 Å². The van der Waals surface area contributed by atoms with Crippen molar-refractivity contribution in [2.45, 2.75) is 40.3 Å². The van der Waals surface area contributed by atoms with Crippen molar-refractivity contribution in [2.75, 3.05) is 5.32 Å². The number of imidazole rings is 1. The molecule has 22 heavy (non-hydrogen) atoms. The number of anilines is 1. The largest absolute Gasteiger partial charge is 0.364 e. The maximum atomic E-state index is 4.54. The predicted octanol–water partition coefficient (Wildman–Crippen LogP) is 3.64. The third-order valence-corrected chi connectivity index (χ3v) is 3.63. The fourth-order valence-electron chi connectivity index (χ4n) is 2.53. The fraction of sp³-hybridized carbons (Fsp3) is 0.353. The Hall–Kier alpha value is -2.43. The molecule has 0 saturated heterocycles. The monoisotopic (exact) mass is 295 g/mol. The number of hydrogen-bond donors (Lipinski definition) is 1. The maximum absolute atomic E-state index is 4.54. The van der Waals surface area contributed by atoms with Crippen molar-refractivity contribution in [2.24, 2.45) is 0 Å². The van der Waals surface area contributed by atoms with E-state index in [-0.39, 0.29) is 0 Å². The Morgan fingerprint density at radius 2 is 2.00 bits per heavy atom. The second-order valence-electron chi connectivity index (χ2n) is 5.88. The molecule has 0 atom stereocenters. The zero-order chi connectivity index (χ0) is 15.7. The minimum atomic E-state index is 0.323. The Labute approximate surface area is 130 Å². The molecule has 3 aromatic rings. The highest BCUT2D eigenvalue weighted by Crippen LogP contribution is 2.22. The van der Waals surface area contributed by atoms with Crippen molar-refractivity contribution in [1.29, 1.82) is 0 Å². The first-order valence-corrected chi connectivity index (χ1v) is 7.55. The SMILES string of the molecule is Cc1cccc(CNc2nc(C)nc3c2ncn3C(C)C)c1. The van der Waals surface area contributed by atoms with Crippen LogP contribution in [0.25, 0.3) is 11.2 Å². The molecule has 0 amide bonds. The minimum Gasteiger partial charge on any atom is -0.364 e. The van der Waals surface area contributed by atoms with Gasteiger partial charge in [-0.2, -0.15) is 0 Å². The van der Waals surface area contributed by atoms with Crippen molar-refractivity contribution in [3.63, 3.8) is 0 Å². The highest BCUT2D eigenvalue weighted by atomic mass is 15.2. The van der Waals surface area contributed by atoms with Gasteiger partial charge in [-0.25, -0.2) is 15.0 Å². The normalized spacial score (nSPS) is 11.3. The lowest BCUT2D eigenvalue weighted by molar-refractivity contribution is 0.612. The van der Waals surface area contributed by atoms with Crippen LogP contribution in [-0.2, 0) is 6.54 Å². The Morgan fingerprint density at radius 3 is 2.73 bits per heavy atom. The third-order valence-electron chi connectivity index (χ3n) is 3.63. The summed E-state index contributed by atoms with van der Waals surface area (Å²) in [5.74, 6) is 1.55. The molecular weight excluding hydrogens is 274 g/mol. The van der Waals surface area contributed by atoms with E-state index < -0.39 is 0 Å². The van der Waals surface area contributed by atoms with Crippen LogP contribution in [-0.4, -0.2) is 19.5 Å². The molecule has 0 aliphatic rings. The molecule has 0 saturated carbocycles. The second-order valence-corrected chi connectivity index (χ2v) is 5.88. The Morgan fingerprint density at radius 1 is 1.18 bits per heavy atom. The Bertz CT molecular complexity index is 804. The van der Waals surface area contributed by atoms with Crippen LogP contribution in [0.3, 0.4) is 0 Å². The average Bonchev–Trinajstić information content (AvgIpc) is 2.88. The number of fused-ring (bicyclic) bond motifs is 1. The molecule has 0 fully saturated rings. The standard InChI is InChI=1S/C17H21N5/c1-11(2)22-10-19-15-16(20-13(4)21-17(15)22)18-9-14-7-5-6-12(3)8-14/h5-8,10-11H,9H2,1-4H3,(H,18,20,21). The molecule has 0 spiro atoms. The first-order chi connectivity index (χ1) is 10.5. The predicted molar refractivity (Wildman–Crippen MR) is 89.0 cm³/mol. The molecule has 2 heterocycles. The van der Waals surface area contributed by atoms with Gasteiger partial charge < -0.3 is 9.88 Å². The second kappa shape index (κ2) is 5.75. The summed E-state index contributed by atoms with van der Waals surface area (Å²) in [6, 6.07) is 8.77. The van der Waals surface area contributed by atoms with E-state index in [4.69, 9.17) is 0 Å². The summed E-state index contributed by atoms with van der Waals surface area (Å²) in [6.45, 7) is 8.98. The van der Waals surface area contributed by atoms with Crippen molar-refractivity contribution >= 4 is 17.0 Å². The summed E-state index contributed by atoms with van der Waals surface area (Å²) in [7, 11) is 0. The quantitative estimate of drug-likeness (QED) is 0.798. The molecule has 0 aliphatic carbocycles. The molecule has 114 valence electrons. The van der Waals surface area contributed by atoms with Crippen LogP contribution >= 0.6 is 0 Å². The molecule has 0 unspecified atom stereocenters. The maximum Gasteiger partial charge on any atom is 0.165 e. The van der Waals surface area contributed by atoms with E-state index in [2.05, 4.69) is 69.9 Å². The lowest BCUT2D eigenvalue weighted by Crippen LogP contribution is -2.06. The molecule has 5 heteroatoms. The number of nitrogens with zero attached hydrogens (tertiary/aromatic N) is 4. The molecule has 1 aromatic carbocycles. The lowest BCUT2D eigenvalue weighted by atomic mass is 10.1. The van der Waals surface area contributed by atoms with Crippen molar-refractivity contribution in [3.05, 3.63) is 47.5 Å². The van der Waals surface area contributed by atoms with Crippen LogP contribution in [0, 0.1) is 13.8 Å². The van der Waals surface area contributed by atoms with Crippen LogP contribution in [0.15, 0.2) is 30.6 Å². The molecule has 2 aromatic heterocycles. The molecule has 5 nitrogen and oxygen atoms in total. The molecule has 3 rings (SSSR count). The molecule has 0 radical (unpaired) electrons. The number of aryl methyl sites for hydroxylation is 2. The lowest BCUT2D eigenvalue weighted by Gasteiger charge is -2.10. The van der Waals surface area contributed by atoms with Crippen LogP contribution in [0.5, 0.6) is 0 Å². The first kappa shape index (κ1) is 14.5. The number of rotatable bonds is 4. The van der Waals surface area contributed by atoms with Crippen LogP contribution < -0.4 is 5.32 Å². The molecule has 0 aliphatic heterocycles. The smallest absolute Gasteiger partial charge is 0.165 e. The topological polar surface area (TPSA) is 55.6 Å². The minimum absolute atomic E-state index is 0.323. The van der Waals surface area contributed by atoms with Gasteiger partial charge in [0.2, 0.25) is 0 Å². The molecule has 1 N–H and O–H groups in total. The van der Waals surface area contributed by atoms with Gasteiger partial charge in [-0.1, -0.05) is 29.8 Å². The summed E-state index contributed by atoms with van der Waals surface area (Å²) in [5.41, 5.74) is 4.20. The average molecular weight is 295 g/mol. The zero-order valence-corrected chi connectivity index (χ0v) is 13.5. The van der Waals surface area contributed by atoms with Gasteiger partial charge in [-0.3, -0.25) is 0 Å². The summed E-state index contributed by atoms with van der Waals surface area (Å²) < 4.78 is 2.07. The number of benzene rings is 1. The van der Waals surface area contributed by atoms with Gasteiger partial charge in [0.1, 0.15) is 11.3 Å². The Kier molecular flexibility index (Phi) is 3.79. The Balaban J connectivity index is 1.93. The van der Waals surface area contributed by atoms with E-state index in [0.29, 0.717) is 6.04 Å². The van der Waals surface area contributed by atoms with Crippen LogP contribution in [0.1, 0.15) is 36.8 Å². The van der Waals surface area contributed by atoms with Crippen molar-refractivity contribution < 1.29 is 0 Å². The third kappa shape index (κ3) is 2.79. The number of nitrogens with one attached hydrogen (secondary N) is 1.